The summed E-state index contributed by atoms with van der Waals surface area (Å²) in [4.78, 5) is 24.5. The number of benzene rings is 3. The van der Waals surface area contributed by atoms with E-state index in [4.69, 9.17) is 0 Å². The number of carbonyl (C=O) groups is 2. The summed E-state index contributed by atoms with van der Waals surface area (Å²) in [5, 5.41) is 17.9. The average molecular weight is 468 g/mol. The van der Waals surface area contributed by atoms with Gasteiger partial charge in [0.2, 0.25) is 0 Å². The zero-order valence-electron chi connectivity index (χ0n) is 19.7. The van der Waals surface area contributed by atoms with Crippen LogP contribution in [0.2, 0.25) is 0 Å². The lowest BCUT2D eigenvalue weighted by Gasteiger charge is -2.27. The number of carbonyl (C=O) groups excluding carboxylic acids is 1. The molecule has 6 nitrogen and oxygen atoms in total. The summed E-state index contributed by atoms with van der Waals surface area (Å²) in [6, 6.07) is 24.4. The van der Waals surface area contributed by atoms with Crippen LogP contribution in [0.4, 0.5) is 0 Å². The van der Waals surface area contributed by atoms with Crippen LogP contribution in [0.3, 0.4) is 0 Å². The van der Waals surface area contributed by atoms with E-state index in [0.29, 0.717) is 31.2 Å². The number of carboxylic acid groups (broad SMARTS) is 1. The van der Waals surface area contributed by atoms with Crippen molar-refractivity contribution >= 4 is 22.8 Å². The van der Waals surface area contributed by atoms with Gasteiger partial charge in [0, 0.05) is 11.4 Å². The lowest BCUT2D eigenvalue weighted by atomic mass is 9.86. The Hall–Kier alpha value is -3.93. The molecule has 35 heavy (non-hydrogen) atoms. The molecule has 0 saturated heterocycles. The van der Waals surface area contributed by atoms with Crippen LogP contribution >= 0.6 is 0 Å². The number of para-hydroxylation sites is 1. The van der Waals surface area contributed by atoms with Gasteiger partial charge in [0.1, 0.15) is 0 Å². The van der Waals surface area contributed by atoms with Gasteiger partial charge < -0.3 is 10.4 Å². The second-order valence-electron chi connectivity index (χ2n) is 9.36. The molecule has 0 bridgehead atoms. The quantitative estimate of drug-likeness (QED) is 0.382. The predicted octanol–water partition coefficient (Wildman–Crippen LogP) is 5.69. The van der Waals surface area contributed by atoms with Gasteiger partial charge >= 0.3 is 5.97 Å². The average Bonchev–Trinajstić information content (AvgIpc) is 3.33. The zero-order valence-corrected chi connectivity index (χ0v) is 19.7. The van der Waals surface area contributed by atoms with E-state index in [2.05, 4.69) is 53.7 Å². The van der Waals surface area contributed by atoms with Gasteiger partial charge in [-0.25, -0.2) is 0 Å². The highest BCUT2D eigenvalue weighted by Crippen LogP contribution is 2.29. The van der Waals surface area contributed by atoms with Crippen LogP contribution in [0.25, 0.3) is 22.0 Å². The molecule has 3 aromatic carbocycles. The van der Waals surface area contributed by atoms with Gasteiger partial charge in [0.05, 0.1) is 29.2 Å². The third-order valence-electron chi connectivity index (χ3n) is 7.14. The molecule has 0 aliphatic heterocycles. The minimum atomic E-state index is -0.741. The van der Waals surface area contributed by atoms with E-state index < -0.39 is 5.97 Å². The molecule has 178 valence electrons. The maximum absolute atomic E-state index is 13.3. The molecule has 1 unspecified atom stereocenters. The van der Waals surface area contributed by atoms with Crippen LogP contribution in [0.5, 0.6) is 0 Å². The van der Waals surface area contributed by atoms with Gasteiger partial charge in [-0.15, -0.1) is 0 Å². The molecule has 1 aliphatic rings. The first-order valence-electron chi connectivity index (χ1n) is 12.2. The smallest absolute Gasteiger partial charge is 0.306 e. The summed E-state index contributed by atoms with van der Waals surface area (Å²) in [5.41, 5.74) is 4.84. The van der Waals surface area contributed by atoms with Crippen molar-refractivity contribution < 1.29 is 14.7 Å². The number of hydrogen-bond donors (Lipinski definition) is 2. The van der Waals surface area contributed by atoms with Crippen LogP contribution in [-0.2, 0) is 4.79 Å². The Morgan fingerprint density at radius 3 is 2.29 bits per heavy atom. The monoisotopic (exact) mass is 467 g/mol. The fraction of sp³-hybridized carbons (Fsp3) is 0.276. The van der Waals surface area contributed by atoms with Crippen molar-refractivity contribution in [2.75, 3.05) is 0 Å². The molecule has 1 atom stereocenters. The van der Waals surface area contributed by atoms with Gasteiger partial charge in [-0.1, -0.05) is 66.7 Å². The van der Waals surface area contributed by atoms with Crippen molar-refractivity contribution in [3.05, 3.63) is 90.1 Å². The van der Waals surface area contributed by atoms with E-state index in [0.717, 1.165) is 22.0 Å². The molecule has 1 aromatic heterocycles. The van der Waals surface area contributed by atoms with Crippen molar-refractivity contribution in [3.8, 4) is 11.1 Å². The number of nitrogens with zero attached hydrogens (tertiary/aromatic N) is 2. The summed E-state index contributed by atoms with van der Waals surface area (Å²) >= 11 is 0. The Balaban J connectivity index is 1.38. The highest BCUT2D eigenvalue weighted by molar-refractivity contribution is 6.05. The molecule has 5 rings (SSSR count). The lowest BCUT2D eigenvalue weighted by molar-refractivity contribution is -0.142. The van der Waals surface area contributed by atoms with E-state index >= 15 is 0 Å². The molecular weight excluding hydrogens is 438 g/mol. The molecule has 2 N–H and O–H groups in total. The summed E-state index contributed by atoms with van der Waals surface area (Å²) in [6.45, 7) is 2.09. The minimum Gasteiger partial charge on any atom is -0.481 e. The van der Waals surface area contributed by atoms with E-state index in [1.807, 2.05) is 41.1 Å². The molecule has 1 amide bonds. The lowest BCUT2D eigenvalue weighted by Crippen LogP contribution is -2.38. The number of fused-ring (bicyclic) bond motifs is 1. The van der Waals surface area contributed by atoms with Gasteiger partial charge in [-0.05, 0) is 55.4 Å². The van der Waals surface area contributed by atoms with Crippen LogP contribution in [0.15, 0.2) is 79.0 Å². The standard InChI is InChI=1S/C29H29N3O3/c1-19(20-10-12-22(13-11-20)21-6-3-2-4-7-21)32-27-24(18-30-32)8-5-9-26(27)28(33)31-25-16-14-23(15-17-25)29(34)35/h2-13,18-19,23,25H,14-17H2,1H3,(H,31,33)(H,34,35). The van der Waals surface area contributed by atoms with Crippen molar-refractivity contribution in [2.24, 2.45) is 5.92 Å². The van der Waals surface area contributed by atoms with Gasteiger partial charge in [0.15, 0.2) is 0 Å². The van der Waals surface area contributed by atoms with E-state index in [1.165, 1.54) is 5.56 Å². The Bertz CT molecular complexity index is 1340. The number of nitrogens with one attached hydrogen (secondary N) is 1. The Kier molecular flexibility index (Phi) is 6.36. The number of rotatable bonds is 6. The molecule has 0 radical (unpaired) electrons. The molecule has 1 fully saturated rings. The number of hydrogen-bond acceptors (Lipinski definition) is 3. The van der Waals surface area contributed by atoms with Crippen LogP contribution in [-0.4, -0.2) is 32.8 Å². The first-order chi connectivity index (χ1) is 17.0. The predicted molar refractivity (Wildman–Crippen MR) is 136 cm³/mol. The summed E-state index contributed by atoms with van der Waals surface area (Å²) in [6.07, 6.45) is 4.36. The zero-order chi connectivity index (χ0) is 24.4. The van der Waals surface area contributed by atoms with Gasteiger partial charge in [-0.2, -0.15) is 5.10 Å². The first kappa shape index (κ1) is 22.8. The molecule has 1 aliphatic carbocycles. The fourth-order valence-corrected chi connectivity index (χ4v) is 5.05. The van der Waals surface area contributed by atoms with Crippen molar-refractivity contribution in [3.63, 3.8) is 0 Å². The molecular formula is C29H29N3O3. The van der Waals surface area contributed by atoms with Gasteiger partial charge in [0.25, 0.3) is 5.91 Å². The molecule has 0 spiro atoms. The topological polar surface area (TPSA) is 84.2 Å². The SMILES string of the molecule is CC(c1ccc(-c2ccccc2)cc1)n1ncc2cccc(C(=O)NC3CCC(C(=O)O)CC3)c21. The van der Waals surface area contributed by atoms with Crippen molar-refractivity contribution in [2.45, 2.75) is 44.7 Å². The maximum atomic E-state index is 13.3. The fourth-order valence-electron chi connectivity index (χ4n) is 5.05. The van der Waals surface area contributed by atoms with E-state index in [-0.39, 0.29) is 23.9 Å². The molecule has 6 heteroatoms. The first-order valence-corrected chi connectivity index (χ1v) is 12.2. The second kappa shape index (κ2) is 9.74. The number of aliphatic carboxylic acids is 1. The number of aromatic nitrogens is 2. The summed E-state index contributed by atoms with van der Waals surface area (Å²) in [7, 11) is 0. The highest BCUT2D eigenvalue weighted by Gasteiger charge is 2.27. The summed E-state index contributed by atoms with van der Waals surface area (Å²) < 4.78 is 1.92. The number of carboxylic acids is 1. The van der Waals surface area contributed by atoms with Crippen molar-refractivity contribution in [1.29, 1.82) is 0 Å². The Morgan fingerprint density at radius 2 is 1.60 bits per heavy atom. The van der Waals surface area contributed by atoms with E-state index in [1.54, 1.807) is 6.20 Å². The summed E-state index contributed by atoms with van der Waals surface area (Å²) in [5.74, 6) is -1.18. The molecule has 1 heterocycles. The van der Waals surface area contributed by atoms with Crippen LogP contribution in [0.1, 0.15) is 54.6 Å². The molecule has 4 aromatic rings. The Morgan fingerprint density at radius 1 is 0.914 bits per heavy atom. The minimum absolute atomic E-state index is 0.00678. The third-order valence-corrected chi connectivity index (χ3v) is 7.14. The second-order valence-corrected chi connectivity index (χ2v) is 9.36. The molecule has 1 saturated carbocycles. The number of amides is 1. The Labute approximate surface area is 204 Å². The highest BCUT2D eigenvalue weighted by atomic mass is 16.4. The van der Waals surface area contributed by atoms with Crippen LogP contribution < -0.4 is 5.32 Å². The van der Waals surface area contributed by atoms with E-state index in [9.17, 15) is 14.7 Å². The largest absolute Gasteiger partial charge is 0.481 e. The van der Waals surface area contributed by atoms with Gasteiger partial charge in [-0.3, -0.25) is 14.3 Å². The maximum Gasteiger partial charge on any atom is 0.306 e. The third kappa shape index (κ3) is 4.69. The van der Waals surface area contributed by atoms with Crippen LogP contribution in [0, 0.1) is 5.92 Å². The normalized spacial score (nSPS) is 18.8. The van der Waals surface area contributed by atoms with Crippen molar-refractivity contribution in [1.82, 2.24) is 15.1 Å².